The Morgan fingerprint density at radius 3 is 1.00 bits per heavy atom. The first-order valence-electron chi connectivity index (χ1n) is 5.54. The van der Waals surface area contributed by atoms with Crippen LogP contribution < -0.4 is 0 Å². The molecule has 0 unspecified atom stereocenters. The van der Waals surface area contributed by atoms with Crippen LogP contribution in [-0.4, -0.2) is 0 Å². The maximum Gasteiger partial charge on any atom is 0.0706 e. The van der Waals surface area contributed by atoms with Gasteiger partial charge in [-0.1, -0.05) is 71.3 Å². The van der Waals surface area contributed by atoms with E-state index < -0.39 is 0 Å². The van der Waals surface area contributed by atoms with Crippen LogP contribution >= 0.6 is 47.0 Å². The van der Waals surface area contributed by atoms with Gasteiger partial charge in [0.05, 0.1) is 8.47 Å². The SMILES string of the molecule is c1ccc2c(c1)SC(=C1Sc3ccccc3S1)S2. The third-order valence-electron chi connectivity index (χ3n) is 2.68. The lowest BCUT2D eigenvalue weighted by Crippen LogP contribution is -1.65. The Bertz CT molecular complexity index is 549. The number of fused-ring (bicyclic) bond motifs is 2. The topological polar surface area (TPSA) is 0 Å². The quantitative estimate of drug-likeness (QED) is 0.593. The molecule has 18 heavy (non-hydrogen) atoms. The van der Waals surface area contributed by atoms with Crippen LogP contribution in [0, 0.1) is 0 Å². The number of thioether (sulfide) groups is 4. The Morgan fingerprint density at radius 1 is 0.444 bits per heavy atom. The molecule has 4 rings (SSSR count). The fourth-order valence-electron chi connectivity index (χ4n) is 1.85. The molecule has 2 aromatic carbocycles. The molecule has 0 aliphatic carbocycles. The van der Waals surface area contributed by atoms with Gasteiger partial charge in [0.25, 0.3) is 0 Å². The first kappa shape index (κ1) is 11.4. The Morgan fingerprint density at radius 2 is 0.722 bits per heavy atom. The van der Waals surface area contributed by atoms with Gasteiger partial charge in [0.2, 0.25) is 0 Å². The fraction of sp³-hybridized carbons (Fsp3) is 0. The second kappa shape index (κ2) is 4.60. The predicted octanol–water partition coefficient (Wildman–Crippen LogP) is 5.91. The van der Waals surface area contributed by atoms with Gasteiger partial charge in [0.1, 0.15) is 0 Å². The highest BCUT2D eigenvalue weighted by Crippen LogP contribution is 2.61. The second-order valence-corrected chi connectivity index (χ2v) is 8.60. The Kier molecular flexibility index (Phi) is 2.92. The smallest absolute Gasteiger partial charge is 0.0706 e. The minimum Gasteiger partial charge on any atom is -0.0798 e. The van der Waals surface area contributed by atoms with Gasteiger partial charge in [-0.05, 0) is 24.3 Å². The molecule has 0 bridgehead atoms. The van der Waals surface area contributed by atoms with Gasteiger partial charge < -0.3 is 0 Å². The van der Waals surface area contributed by atoms with Crippen molar-refractivity contribution >= 4 is 47.0 Å². The summed E-state index contributed by atoms with van der Waals surface area (Å²) in [6.45, 7) is 0. The van der Waals surface area contributed by atoms with Crippen LogP contribution in [0.25, 0.3) is 0 Å². The molecule has 0 atom stereocenters. The van der Waals surface area contributed by atoms with Crippen molar-refractivity contribution in [2.45, 2.75) is 19.6 Å². The van der Waals surface area contributed by atoms with Crippen molar-refractivity contribution in [3.05, 3.63) is 57.0 Å². The van der Waals surface area contributed by atoms with Gasteiger partial charge in [-0.15, -0.1) is 0 Å². The summed E-state index contributed by atoms with van der Waals surface area (Å²) < 4.78 is 2.87. The van der Waals surface area contributed by atoms with E-state index in [2.05, 4.69) is 48.5 Å². The van der Waals surface area contributed by atoms with Crippen molar-refractivity contribution in [3.8, 4) is 0 Å². The van der Waals surface area contributed by atoms with Crippen LogP contribution in [0.2, 0.25) is 0 Å². The van der Waals surface area contributed by atoms with Crippen molar-refractivity contribution in [2.75, 3.05) is 0 Å². The van der Waals surface area contributed by atoms with Crippen molar-refractivity contribution in [3.63, 3.8) is 0 Å². The molecular weight excluding hydrogens is 296 g/mol. The summed E-state index contributed by atoms with van der Waals surface area (Å²) in [7, 11) is 0. The van der Waals surface area contributed by atoms with Crippen molar-refractivity contribution in [2.24, 2.45) is 0 Å². The summed E-state index contributed by atoms with van der Waals surface area (Å²) in [6.07, 6.45) is 0. The molecule has 4 heteroatoms. The van der Waals surface area contributed by atoms with Crippen LogP contribution in [0.3, 0.4) is 0 Å². The van der Waals surface area contributed by atoms with Crippen molar-refractivity contribution < 1.29 is 0 Å². The lowest BCUT2D eigenvalue weighted by molar-refractivity contribution is 1.27. The van der Waals surface area contributed by atoms with Gasteiger partial charge >= 0.3 is 0 Å². The van der Waals surface area contributed by atoms with Gasteiger partial charge in [-0.25, -0.2) is 0 Å². The standard InChI is InChI=1S/C14H8S4/c1-2-6-10-9(5-1)15-13(16-10)14-17-11-7-3-4-8-12(11)18-14/h1-8H. The van der Waals surface area contributed by atoms with Gasteiger partial charge in [-0.3, -0.25) is 0 Å². The number of rotatable bonds is 0. The Balaban J connectivity index is 1.70. The van der Waals surface area contributed by atoms with Crippen LogP contribution in [-0.2, 0) is 0 Å². The highest BCUT2D eigenvalue weighted by atomic mass is 32.2. The van der Waals surface area contributed by atoms with Crippen molar-refractivity contribution in [1.82, 2.24) is 0 Å². The normalized spacial score (nSPS) is 16.9. The zero-order chi connectivity index (χ0) is 11.9. The van der Waals surface area contributed by atoms with E-state index in [-0.39, 0.29) is 0 Å². The lowest BCUT2D eigenvalue weighted by Gasteiger charge is -1.98. The zero-order valence-corrected chi connectivity index (χ0v) is 12.5. The molecule has 0 N–H and O–H groups in total. The van der Waals surface area contributed by atoms with E-state index >= 15 is 0 Å². The van der Waals surface area contributed by atoms with E-state index in [9.17, 15) is 0 Å². The molecule has 0 aromatic heterocycles. The molecule has 0 spiro atoms. The van der Waals surface area contributed by atoms with E-state index in [4.69, 9.17) is 0 Å². The average molecular weight is 304 g/mol. The Labute approximate surface area is 123 Å². The van der Waals surface area contributed by atoms with E-state index in [1.807, 2.05) is 47.0 Å². The molecule has 2 aliphatic rings. The maximum atomic E-state index is 2.21. The molecule has 0 amide bonds. The van der Waals surface area contributed by atoms with E-state index in [1.165, 1.54) is 28.1 Å². The van der Waals surface area contributed by atoms with E-state index in [0.717, 1.165) is 0 Å². The van der Waals surface area contributed by atoms with Crippen molar-refractivity contribution in [1.29, 1.82) is 0 Å². The third kappa shape index (κ3) is 1.92. The zero-order valence-electron chi connectivity index (χ0n) is 9.25. The maximum absolute atomic E-state index is 2.21. The minimum absolute atomic E-state index is 1.39. The Hall–Kier alpha value is -0.420. The third-order valence-corrected chi connectivity index (χ3v) is 8.31. The molecule has 2 heterocycles. The predicted molar refractivity (Wildman–Crippen MR) is 83.3 cm³/mol. The van der Waals surface area contributed by atoms with Gasteiger partial charge in [0, 0.05) is 19.6 Å². The van der Waals surface area contributed by atoms with Crippen LogP contribution in [0.4, 0.5) is 0 Å². The molecule has 0 radical (unpaired) electrons. The van der Waals surface area contributed by atoms with E-state index in [1.54, 1.807) is 0 Å². The first-order chi connectivity index (χ1) is 8.90. The molecule has 0 fully saturated rings. The number of benzene rings is 2. The van der Waals surface area contributed by atoms with Crippen LogP contribution in [0.15, 0.2) is 76.6 Å². The first-order valence-corrected chi connectivity index (χ1v) is 8.80. The van der Waals surface area contributed by atoms with Gasteiger partial charge in [0.15, 0.2) is 0 Å². The van der Waals surface area contributed by atoms with E-state index in [0.29, 0.717) is 0 Å². The lowest BCUT2D eigenvalue weighted by atomic mass is 10.4. The average Bonchev–Trinajstić information content (AvgIpc) is 3.02. The summed E-state index contributed by atoms with van der Waals surface area (Å²) in [5, 5.41) is 0. The molecule has 2 aliphatic heterocycles. The molecule has 0 saturated heterocycles. The minimum atomic E-state index is 1.39. The summed E-state index contributed by atoms with van der Waals surface area (Å²) >= 11 is 7.62. The molecule has 0 nitrogen and oxygen atoms in total. The second-order valence-electron chi connectivity index (χ2n) is 3.88. The summed E-state index contributed by atoms with van der Waals surface area (Å²) in [4.78, 5) is 5.56. The summed E-state index contributed by atoms with van der Waals surface area (Å²) in [6, 6.07) is 17.3. The largest absolute Gasteiger partial charge is 0.0798 e. The number of hydrogen-bond donors (Lipinski definition) is 0. The fourth-order valence-corrected chi connectivity index (χ4v) is 7.15. The molecule has 2 aromatic rings. The monoisotopic (exact) mass is 304 g/mol. The molecule has 0 saturated carbocycles. The summed E-state index contributed by atoms with van der Waals surface area (Å²) in [5.74, 6) is 0. The summed E-state index contributed by atoms with van der Waals surface area (Å²) in [5.41, 5.74) is 0. The van der Waals surface area contributed by atoms with Crippen LogP contribution in [0.5, 0.6) is 0 Å². The molecule has 88 valence electrons. The van der Waals surface area contributed by atoms with Crippen LogP contribution in [0.1, 0.15) is 0 Å². The highest BCUT2D eigenvalue weighted by molar-refractivity contribution is 8.30. The van der Waals surface area contributed by atoms with Gasteiger partial charge in [-0.2, -0.15) is 0 Å². The number of hydrogen-bond acceptors (Lipinski definition) is 4. The molecular formula is C14H8S4. The highest BCUT2D eigenvalue weighted by Gasteiger charge is 2.26.